The molecule has 0 spiro atoms. The number of nitrogens with zero attached hydrogens (tertiary/aromatic N) is 5. The van der Waals surface area contributed by atoms with Gasteiger partial charge in [0.05, 0.1) is 12.2 Å². The third-order valence-corrected chi connectivity index (χ3v) is 4.78. The molecular weight excluding hydrogens is 318 g/mol. The van der Waals surface area contributed by atoms with Crippen LogP contribution in [0.2, 0.25) is 0 Å². The molecule has 1 aliphatic heterocycles. The maximum Gasteiger partial charge on any atom is 0.264 e. The van der Waals surface area contributed by atoms with Gasteiger partial charge in [0.15, 0.2) is 5.65 Å². The van der Waals surface area contributed by atoms with Crippen molar-refractivity contribution in [1.82, 2.24) is 24.2 Å². The van der Waals surface area contributed by atoms with E-state index in [9.17, 15) is 9.59 Å². The van der Waals surface area contributed by atoms with E-state index in [2.05, 4.69) is 10.1 Å². The zero-order chi connectivity index (χ0) is 17.4. The van der Waals surface area contributed by atoms with Crippen LogP contribution in [0.5, 0.6) is 0 Å². The maximum atomic E-state index is 12.8. The van der Waals surface area contributed by atoms with E-state index >= 15 is 0 Å². The second-order valence-electron chi connectivity index (χ2n) is 6.34. The van der Waals surface area contributed by atoms with Crippen molar-refractivity contribution >= 4 is 16.9 Å². The van der Waals surface area contributed by atoms with Crippen LogP contribution in [0.4, 0.5) is 0 Å². The number of hydrogen-bond acceptors (Lipinski definition) is 4. The van der Waals surface area contributed by atoms with E-state index in [1.165, 1.54) is 17.1 Å². The predicted molar refractivity (Wildman–Crippen MR) is 92.9 cm³/mol. The zero-order valence-corrected chi connectivity index (χ0v) is 14.0. The Morgan fingerprint density at radius 3 is 2.88 bits per heavy atom. The van der Waals surface area contributed by atoms with Crippen molar-refractivity contribution in [2.75, 3.05) is 6.54 Å². The van der Waals surface area contributed by atoms with Crippen LogP contribution in [0.15, 0.2) is 47.7 Å². The lowest BCUT2D eigenvalue weighted by molar-refractivity contribution is -0.132. The van der Waals surface area contributed by atoms with Crippen molar-refractivity contribution in [1.29, 1.82) is 0 Å². The summed E-state index contributed by atoms with van der Waals surface area (Å²) in [4.78, 5) is 31.5. The highest BCUT2D eigenvalue weighted by molar-refractivity contribution is 5.78. The van der Waals surface area contributed by atoms with Crippen LogP contribution in [-0.4, -0.2) is 36.7 Å². The van der Waals surface area contributed by atoms with Crippen LogP contribution in [0.1, 0.15) is 24.4 Å². The predicted octanol–water partition coefficient (Wildman–Crippen LogP) is 1.49. The first-order valence-electron chi connectivity index (χ1n) is 8.36. The second-order valence-corrected chi connectivity index (χ2v) is 6.34. The molecule has 4 rings (SSSR count). The third-order valence-electron chi connectivity index (χ3n) is 4.78. The molecule has 25 heavy (non-hydrogen) atoms. The van der Waals surface area contributed by atoms with E-state index in [-0.39, 0.29) is 24.1 Å². The summed E-state index contributed by atoms with van der Waals surface area (Å²) in [6.07, 6.45) is 4.84. The van der Waals surface area contributed by atoms with Gasteiger partial charge in [-0.05, 0) is 18.4 Å². The van der Waals surface area contributed by atoms with Gasteiger partial charge >= 0.3 is 0 Å². The fourth-order valence-electron chi connectivity index (χ4n) is 3.50. The molecular formula is C18H19N5O2. The number of fused-ring (bicyclic) bond motifs is 1. The van der Waals surface area contributed by atoms with Gasteiger partial charge in [0, 0.05) is 13.6 Å². The number of aromatic nitrogens is 4. The first kappa shape index (κ1) is 15.6. The Balaban J connectivity index is 1.59. The standard InChI is InChI=1S/C18H19N5O2/c1-21-17-14(10-20-21)18(25)22(12-19-17)11-16(24)23-9-5-8-15(23)13-6-3-2-4-7-13/h2-4,6-7,10,12,15H,5,8-9,11H2,1H3. The molecule has 0 aliphatic carbocycles. The van der Waals surface area contributed by atoms with Gasteiger partial charge in [0.25, 0.3) is 5.56 Å². The van der Waals surface area contributed by atoms with E-state index in [1.807, 2.05) is 35.2 Å². The van der Waals surface area contributed by atoms with Crippen molar-refractivity contribution < 1.29 is 4.79 Å². The molecule has 1 saturated heterocycles. The first-order valence-corrected chi connectivity index (χ1v) is 8.36. The molecule has 0 bridgehead atoms. The second kappa shape index (κ2) is 6.16. The van der Waals surface area contributed by atoms with Gasteiger partial charge in [-0.1, -0.05) is 30.3 Å². The lowest BCUT2D eigenvalue weighted by Gasteiger charge is -2.25. The Kier molecular flexibility index (Phi) is 3.83. The monoisotopic (exact) mass is 337 g/mol. The number of rotatable bonds is 3. The molecule has 0 N–H and O–H groups in total. The van der Waals surface area contributed by atoms with Gasteiger partial charge < -0.3 is 4.90 Å². The van der Waals surface area contributed by atoms with Gasteiger partial charge in [-0.3, -0.25) is 18.8 Å². The Morgan fingerprint density at radius 1 is 1.28 bits per heavy atom. The molecule has 1 fully saturated rings. The average molecular weight is 337 g/mol. The van der Waals surface area contributed by atoms with Crippen LogP contribution in [-0.2, 0) is 18.4 Å². The minimum atomic E-state index is -0.234. The number of benzene rings is 1. The van der Waals surface area contributed by atoms with Crippen LogP contribution in [0.25, 0.3) is 11.0 Å². The Morgan fingerprint density at radius 2 is 2.08 bits per heavy atom. The average Bonchev–Trinajstić information content (AvgIpc) is 3.26. The molecule has 7 heteroatoms. The van der Waals surface area contributed by atoms with Gasteiger partial charge in [-0.15, -0.1) is 0 Å². The van der Waals surface area contributed by atoms with Gasteiger partial charge in [-0.25, -0.2) is 4.98 Å². The van der Waals surface area contributed by atoms with Gasteiger partial charge in [0.2, 0.25) is 5.91 Å². The summed E-state index contributed by atoms with van der Waals surface area (Å²) < 4.78 is 2.92. The molecule has 1 aliphatic rings. The number of aryl methyl sites for hydroxylation is 1. The van der Waals surface area contributed by atoms with Crippen molar-refractivity contribution in [3.8, 4) is 0 Å². The highest BCUT2D eigenvalue weighted by atomic mass is 16.2. The summed E-state index contributed by atoms with van der Waals surface area (Å²) in [6.45, 7) is 0.718. The summed E-state index contributed by atoms with van der Waals surface area (Å²) in [5, 5.41) is 4.48. The normalized spacial score (nSPS) is 17.3. The van der Waals surface area contributed by atoms with E-state index < -0.39 is 0 Å². The van der Waals surface area contributed by atoms with Crippen molar-refractivity contribution in [3.05, 3.63) is 58.8 Å². The number of amides is 1. The lowest BCUT2D eigenvalue weighted by atomic mass is 10.0. The molecule has 7 nitrogen and oxygen atoms in total. The van der Waals surface area contributed by atoms with E-state index in [4.69, 9.17) is 0 Å². The third kappa shape index (κ3) is 2.71. The van der Waals surface area contributed by atoms with Crippen LogP contribution in [0.3, 0.4) is 0 Å². The van der Waals surface area contributed by atoms with E-state index in [0.717, 1.165) is 24.9 Å². The maximum absolute atomic E-state index is 12.8. The Labute approximate surface area is 144 Å². The van der Waals surface area contributed by atoms with Crippen molar-refractivity contribution in [3.63, 3.8) is 0 Å². The Hall–Kier alpha value is -2.96. The summed E-state index contributed by atoms with van der Waals surface area (Å²) in [5.41, 5.74) is 1.43. The number of likely N-dealkylation sites (tertiary alicyclic amines) is 1. The number of hydrogen-bond donors (Lipinski definition) is 0. The van der Waals surface area contributed by atoms with Crippen molar-refractivity contribution in [2.24, 2.45) is 7.05 Å². The van der Waals surface area contributed by atoms with Crippen LogP contribution < -0.4 is 5.56 Å². The highest BCUT2D eigenvalue weighted by Crippen LogP contribution is 2.31. The lowest BCUT2D eigenvalue weighted by Crippen LogP contribution is -2.36. The SMILES string of the molecule is Cn1ncc2c(=O)n(CC(=O)N3CCCC3c3ccccc3)cnc21. The van der Waals surface area contributed by atoms with E-state index in [0.29, 0.717) is 11.0 Å². The quantitative estimate of drug-likeness (QED) is 0.726. The van der Waals surface area contributed by atoms with Gasteiger partial charge in [0.1, 0.15) is 18.3 Å². The van der Waals surface area contributed by atoms with Gasteiger partial charge in [-0.2, -0.15) is 5.10 Å². The molecule has 0 radical (unpaired) electrons. The van der Waals surface area contributed by atoms with E-state index in [1.54, 1.807) is 11.7 Å². The van der Waals surface area contributed by atoms with Crippen molar-refractivity contribution in [2.45, 2.75) is 25.4 Å². The largest absolute Gasteiger partial charge is 0.334 e. The summed E-state index contributed by atoms with van der Waals surface area (Å²) in [6, 6.07) is 10.1. The molecule has 3 aromatic rings. The molecule has 1 atom stereocenters. The fourth-order valence-corrected chi connectivity index (χ4v) is 3.50. The summed E-state index contributed by atoms with van der Waals surface area (Å²) >= 11 is 0. The molecule has 128 valence electrons. The molecule has 3 heterocycles. The molecule has 1 amide bonds. The molecule has 0 saturated carbocycles. The summed E-state index contributed by atoms with van der Waals surface area (Å²) in [5.74, 6) is -0.0570. The topological polar surface area (TPSA) is 73.0 Å². The number of carbonyl (C=O) groups is 1. The molecule has 1 aromatic carbocycles. The first-order chi connectivity index (χ1) is 12.1. The van der Waals surface area contributed by atoms with Crippen LogP contribution >= 0.6 is 0 Å². The Bertz CT molecular complexity index is 976. The molecule has 1 unspecified atom stereocenters. The smallest absolute Gasteiger partial charge is 0.264 e. The minimum absolute atomic E-state index is 0.00000118. The molecule has 2 aromatic heterocycles. The minimum Gasteiger partial charge on any atom is -0.334 e. The highest BCUT2D eigenvalue weighted by Gasteiger charge is 2.30. The fraction of sp³-hybridized carbons (Fsp3) is 0.333. The van der Waals surface area contributed by atoms with Crippen LogP contribution in [0, 0.1) is 0 Å². The number of carbonyl (C=O) groups excluding carboxylic acids is 1. The summed E-state index contributed by atoms with van der Waals surface area (Å²) in [7, 11) is 1.74. The zero-order valence-electron chi connectivity index (χ0n) is 14.0.